The van der Waals surface area contributed by atoms with Crippen LogP contribution in [0, 0.1) is 0 Å². The fourth-order valence-electron chi connectivity index (χ4n) is 3.32. The van der Waals surface area contributed by atoms with Crippen molar-refractivity contribution in [3.63, 3.8) is 0 Å². The van der Waals surface area contributed by atoms with Crippen LogP contribution in [0.4, 0.5) is 0 Å². The van der Waals surface area contributed by atoms with Crippen molar-refractivity contribution in [2.45, 2.75) is 36.3 Å². The maximum absolute atomic E-state index is 13.0. The summed E-state index contributed by atoms with van der Waals surface area (Å²) >= 11 is 1.41. The Hall–Kier alpha value is -2.33. The summed E-state index contributed by atoms with van der Waals surface area (Å²) in [5.74, 6) is -0.412. The number of benzene rings is 1. The number of allylic oxidation sites excluding steroid dienone is 4. The Morgan fingerprint density at radius 1 is 1.08 bits per heavy atom. The number of carbonyl (C=O) groups excluding carboxylic acids is 2. The van der Waals surface area contributed by atoms with Gasteiger partial charge in [0.15, 0.2) is 10.5 Å². The van der Waals surface area contributed by atoms with Gasteiger partial charge in [-0.25, -0.2) is 4.79 Å². The van der Waals surface area contributed by atoms with Crippen molar-refractivity contribution < 1.29 is 14.3 Å². The molecule has 1 aliphatic carbocycles. The van der Waals surface area contributed by atoms with E-state index in [0.717, 1.165) is 4.90 Å². The highest BCUT2D eigenvalue weighted by atomic mass is 32.2. The molecule has 0 atom stereocenters. The predicted molar refractivity (Wildman–Crippen MR) is 107 cm³/mol. The number of ketones is 1. The highest BCUT2D eigenvalue weighted by Crippen LogP contribution is 2.50. The first kappa shape index (κ1) is 20.0. The van der Waals surface area contributed by atoms with Gasteiger partial charge in [0, 0.05) is 16.0 Å². The number of carbonyl (C=O) groups is 2. The van der Waals surface area contributed by atoms with Gasteiger partial charge in [-0.1, -0.05) is 42.1 Å². The van der Waals surface area contributed by atoms with Gasteiger partial charge < -0.3 is 4.74 Å². The van der Waals surface area contributed by atoms with Crippen LogP contribution in [0.2, 0.25) is 0 Å². The SMILES string of the molecule is C=CCC1=C(C)C(Sc2ccccc2)(C(=O)OC)C(C)=C(CC=C)C1=O. The lowest BCUT2D eigenvalue weighted by atomic mass is 9.75. The Kier molecular flexibility index (Phi) is 6.43. The van der Waals surface area contributed by atoms with Crippen molar-refractivity contribution in [3.05, 3.63) is 77.9 Å². The fraction of sp³-hybridized carbons (Fsp3) is 0.273. The first-order valence-electron chi connectivity index (χ1n) is 8.43. The van der Waals surface area contributed by atoms with Crippen LogP contribution in [-0.2, 0) is 14.3 Å². The average molecular weight is 368 g/mol. The Bertz CT molecular complexity index is 764. The molecule has 0 spiro atoms. The van der Waals surface area contributed by atoms with Gasteiger partial charge in [0.1, 0.15) is 0 Å². The van der Waals surface area contributed by atoms with E-state index < -0.39 is 4.75 Å². The van der Waals surface area contributed by atoms with E-state index in [2.05, 4.69) is 13.2 Å². The van der Waals surface area contributed by atoms with Crippen LogP contribution in [0.1, 0.15) is 26.7 Å². The standard InChI is InChI=1S/C22H24O3S/c1-6-11-18-15(3)22(21(24)25-5,26-17-13-9-8-10-14-17)16(4)19(12-7-2)20(18)23/h6-10,13-14H,1-2,11-12H2,3-5H3. The largest absolute Gasteiger partial charge is 0.467 e. The number of methoxy groups -OCH3 is 1. The summed E-state index contributed by atoms with van der Waals surface area (Å²) in [4.78, 5) is 27.0. The average Bonchev–Trinajstić information content (AvgIpc) is 2.66. The normalized spacial score (nSPS) is 16.5. The van der Waals surface area contributed by atoms with Gasteiger partial charge in [-0.15, -0.1) is 13.2 Å². The zero-order chi connectivity index (χ0) is 19.3. The zero-order valence-corrected chi connectivity index (χ0v) is 16.3. The number of ether oxygens (including phenoxy) is 1. The molecule has 0 heterocycles. The first-order chi connectivity index (χ1) is 12.4. The van der Waals surface area contributed by atoms with Gasteiger partial charge in [0.2, 0.25) is 0 Å². The minimum atomic E-state index is -1.07. The number of Topliss-reactive ketones (excluding diaryl/α,β-unsaturated/α-hetero) is 1. The number of hydrogen-bond acceptors (Lipinski definition) is 4. The third-order valence-electron chi connectivity index (χ3n) is 4.69. The second-order valence-electron chi connectivity index (χ2n) is 6.11. The van der Waals surface area contributed by atoms with Gasteiger partial charge in [-0.3, -0.25) is 4.79 Å². The molecule has 0 radical (unpaired) electrons. The van der Waals surface area contributed by atoms with Crippen molar-refractivity contribution in [2.24, 2.45) is 0 Å². The van der Waals surface area contributed by atoms with Crippen molar-refractivity contribution >= 4 is 23.5 Å². The summed E-state index contributed by atoms with van der Waals surface area (Å²) in [6.07, 6.45) is 4.20. The predicted octanol–water partition coefficient (Wildman–Crippen LogP) is 5.06. The van der Waals surface area contributed by atoms with E-state index in [1.165, 1.54) is 18.9 Å². The first-order valence-corrected chi connectivity index (χ1v) is 9.25. The third kappa shape index (κ3) is 3.34. The van der Waals surface area contributed by atoms with Crippen molar-refractivity contribution in [1.29, 1.82) is 0 Å². The molecule has 0 saturated heterocycles. The molecule has 26 heavy (non-hydrogen) atoms. The molecule has 136 valence electrons. The molecule has 0 N–H and O–H groups in total. The Labute approximate surface area is 159 Å². The van der Waals surface area contributed by atoms with Crippen LogP contribution >= 0.6 is 11.8 Å². The van der Waals surface area contributed by atoms with Gasteiger partial charge >= 0.3 is 5.97 Å². The Morgan fingerprint density at radius 3 is 2.00 bits per heavy atom. The highest BCUT2D eigenvalue weighted by Gasteiger charge is 2.50. The van der Waals surface area contributed by atoms with Gasteiger partial charge in [-0.05, 0) is 50.0 Å². The second-order valence-corrected chi connectivity index (χ2v) is 7.40. The number of thioether (sulfide) groups is 1. The summed E-state index contributed by atoms with van der Waals surface area (Å²) in [5.41, 5.74) is 2.65. The number of rotatable bonds is 7. The molecule has 1 aromatic carbocycles. The van der Waals surface area contributed by atoms with Crippen molar-refractivity contribution in [1.82, 2.24) is 0 Å². The molecule has 2 rings (SSSR count). The lowest BCUT2D eigenvalue weighted by Crippen LogP contribution is -2.44. The smallest absolute Gasteiger partial charge is 0.330 e. The van der Waals surface area contributed by atoms with Crippen LogP contribution in [-0.4, -0.2) is 23.6 Å². The molecule has 0 saturated carbocycles. The third-order valence-corrected chi connectivity index (χ3v) is 6.29. The maximum Gasteiger partial charge on any atom is 0.330 e. The van der Waals surface area contributed by atoms with Crippen LogP contribution in [0.3, 0.4) is 0 Å². The number of hydrogen-bond donors (Lipinski definition) is 0. The molecular formula is C22H24O3S. The topological polar surface area (TPSA) is 43.4 Å². The van der Waals surface area contributed by atoms with Gasteiger partial charge in [0.05, 0.1) is 7.11 Å². The summed E-state index contributed by atoms with van der Waals surface area (Å²) < 4.78 is 4.13. The van der Waals surface area contributed by atoms with Gasteiger partial charge in [-0.2, -0.15) is 0 Å². The lowest BCUT2D eigenvalue weighted by molar-refractivity contribution is -0.141. The zero-order valence-electron chi connectivity index (χ0n) is 15.5. The monoisotopic (exact) mass is 368 g/mol. The van der Waals surface area contributed by atoms with E-state index in [1.54, 1.807) is 12.2 Å². The molecule has 1 aliphatic rings. The molecule has 0 aliphatic heterocycles. The van der Waals surface area contributed by atoms with E-state index in [-0.39, 0.29) is 11.8 Å². The molecule has 1 aromatic rings. The van der Waals surface area contributed by atoms with E-state index >= 15 is 0 Å². The van der Waals surface area contributed by atoms with Crippen LogP contribution in [0.5, 0.6) is 0 Å². The van der Waals surface area contributed by atoms with E-state index in [9.17, 15) is 9.59 Å². The molecule has 0 amide bonds. The van der Waals surface area contributed by atoms with Crippen LogP contribution in [0.15, 0.2) is 82.8 Å². The van der Waals surface area contributed by atoms with Crippen LogP contribution < -0.4 is 0 Å². The summed E-state index contributed by atoms with van der Waals surface area (Å²) in [6, 6.07) is 9.68. The van der Waals surface area contributed by atoms with E-state index in [1.807, 2.05) is 44.2 Å². The molecule has 0 unspecified atom stereocenters. The maximum atomic E-state index is 13.0. The summed E-state index contributed by atoms with van der Waals surface area (Å²) in [5, 5.41) is 0. The quantitative estimate of drug-likeness (QED) is 0.498. The molecule has 0 fully saturated rings. The second kappa shape index (κ2) is 8.37. The molecule has 0 bridgehead atoms. The van der Waals surface area contributed by atoms with Gasteiger partial charge in [0.25, 0.3) is 0 Å². The van der Waals surface area contributed by atoms with Crippen molar-refractivity contribution in [2.75, 3.05) is 7.11 Å². The van der Waals surface area contributed by atoms with Crippen LogP contribution in [0.25, 0.3) is 0 Å². The van der Waals surface area contributed by atoms with E-state index in [0.29, 0.717) is 35.1 Å². The summed E-state index contributed by atoms with van der Waals surface area (Å²) in [7, 11) is 1.38. The molecular weight excluding hydrogens is 344 g/mol. The Morgan fingerprint density at radius 2 is 1.58 bits per heavy atom. The fourth-order valence-corrected chi connectivity index (χ4v) is 4.69. The minimum Gasteiger partial charge on any atom is -0.467 e. The number of esters is 1. The molecule has 0 aromatic heterocycles. The molecule has 4 heteroatoms. The highest BCUT2D eigenvalue weighted by molar-refractivity contribution is 8.02. The van der Waals surface area contributed by atoms with E-state index in [4.69, 9.17) is 4.74 Å². The Balaban J connectivity index is 2.78. The molecule has 3 nitrogen and oxygen atoms in total. The summed E-state index contributed by atoms with van der Waals surface area (Å²) in [6.45, 7) is 11.2. The lowest BCUT2D eigenvalue weighted by Gasteiger charge is -2.38. The minimum absolute atomic E-state index is 0.0343. The van der Waals surface area contributed by atoms with Crippen molar-refractivity contribution in [3.8, 4) is 0 Å².